The zero-order valence-corrected chi connectivity index (χ0v) is 11.4. The van der Waals surface area contributed by atoms with Crippen LogP contribution in [0.3, 0.4) is 0 Å². The maximum absolute atomic E-state index is 6.18. The number of aromatic nitrogens is 2. The van der Waals surface area contributed by atoms with Gasteiger partial charge in [0.1, 0.15) is 5.15 Å². The average Bonchev–Trinajstić information content (AvgIpc) is 2.49. The van der Waals surface area contributed by atoms with Gasteiger partial charge < -0.3 is 5.32 Å². The zero-order valence-electron chi connectivity index (χ0n) is 10.7. The Kier molecular flexibility index (Phi) is 5.29. The summed E-state index contributed by atoms with van der Waals surface area (Å²) in [6, 6.07) is 0.584. The monoisotopic (exact) mass is 243 g/mol. The summed E-state index contributed by atoms with van der Waals surface area (Å²) in [7, 11) is 1.88. The largest absolute Gasteiger partial charge is 0.310 e. The highest BCUT2D eigenvalue weighted by Gasteiger charge is 2.12. The number of hydrogen-bond acceptors (Lipinski definition) is 2. The predicted molar refractivity (Wildman–Crippen MR) is 68.8 cm³/mol. The molecule has 1 N–H and O–H groups in total. The Balaban J connectivity index is 2.59. The van der Waals surface area contributed by atoms with Crippen LogP contribution in [0.2, 0.25) is 5.15 Å². The first-order valence-electron chi connectivity index (χ1n) is 6.01. The summed E-state index contributed by atoms with van der Waals surface area (Å²) in [5.74, 6) is 0. The highest BCUT2D eigenvalue weighted by atomic mass is 35.5. The van der Waals surface area contributed by atoms with Gasteiger partial charge in [0.05, 0.1) is 5.69 Å². The van der Waals surface area contributed by atoms with Gasteiger partial charge in [0.25, 0.3) is 0 Å². The fourth-order valence-corrected chi connectivity index (χ4v) is 2.16. The lowest BCUT2D eigenvalue weighted by atomic mass is 10.1. The fourth-order valence-electron chi connectivity index (χ4n) is 1.92. The second kappa shape index (κ2) is 6.26. The molecule has 3 nitrogen and oxygen atoms in total. The molecule has 1 rings (SSSR count). The Morgan fingerprint density at radius 1 is 1.44 bits per heavy atom. The van der Waals surface area contributed by atoms with E-state index in [9.17, 15) is 0 Å². The third-order valence-corrected chi connectivity index (χ3v) is 3.44. The lowest BCUT2D eigenvalue weighted by Gasteiger charge is -2.15. The molecule has 0 spiro atoms. The van der Waals surface area contributed by atoms with Gasteiger partial charge in [-0.15, -0.1) is 0 Å². The molecule has 0 aromatic carbocycles. The van der Waals surface area contributed by atoms with E-state index in [2.05, 4.69) is 24.3 Å². The number of aryl methyl sites for hydroxylation is 2. The van der Waals surface area contributed by atoms with Crippen molar-refractivity contribution in [2.75, 3.05) is 0 Å². The van der Waals surface area contributed by atoms with Crippen molar-refractivity contribution >= 4 is 11.6 Å². The minimum atomic E-state index is 0.584. The second-order valence-electron chi connectivity index (χ2n) is 4.25. The van der Waals surface area contributed by atoms with Gasteiger partial charge in [-0.25, -0.2) is 0 Å². The normalized spacial score (nSPS) is 13.1. The van der Waals surface area contributed by atoms with E-state index in [4.69, 9.17) is 11.6 Å². The number of halogens is 1. The van der Waals surface area contributed by atoms with Crippen LogP contribution < -0.4 is 5.32 Å². The van der Waals surface area contributed by atoms with Gasteiger partial charge in [-0.3, -0.25) is 4.68 Å². The van der Waals surface area contributed by atoms with Crippen LogP contribution in [-0.4, -0.2) is 15.8 Å². The van der Waals surface area contributed by atoms with Crippen LogP contribution in [0.5, 0.6) is 0 Å². The van der Waals surface area contributed by atoms with Crippen molar-refractivity contribution in [3.8, 4) is 0 Å². The average molecular weight is 244 g/mol. The van der Waals surface area contributed by atoms with Crippen molar-refractivity contribution in [2.45, 2.75) is 52.6 Å². The molecule has 1 aromatic rings. The van der Waals surface area contributed by atoms with Crippen LogP contribution in [0, 0.1) is 6.92 Å². The van der Waals surface area contributed by atoms with E-state index in [1.54, 1.807) is 4.68 Å². The van der Waals surface area contributed by atoms with Gasteiger partial charge in [-0.05, 0) is 19.8 Å². The molecule has 16 heavy (non-hydrogen) atoms. The Hall–Kier alpha value is -0.540. The molecule has 0 aliphatic heterocycles. The molecule has 0 saturated heterocycles. The van der Waals surface area contributed by atoms with Crippen molar-refractivity contribution in [1.82, 2.24) is 15.1 Å². The predicted octanol–water partition coefficient (Wildman–Crippen LogP) is 3.05. The van der Waals surface area contributed by atoms with Crippen LogP contribution in [0.4, 0.5) is 0 Å². The summed E-state index contributed by atoms with van der Waals surface area (Å²) in [5.41, 5.74) is 2.14. The maximum Gasteiger partial charge on any atom is 0.131 e. The Morgan fingerprint density at radius 3 is 2.56 bits per heavy atom. The summed E-state index contributed by atoms with van der Waals surface area (Å²) in [5, 5.41) is 8.60. The van der Waals surface area contributed by atoms with Crippen LogP contribution in [0.15, 0.2) is 0 Å². The Labute approximate surface area is 103 Å². The van der Waals surface area contributed by atoms with Crippen molar-refractivity contribution in [1.29, 1.82) is 0 Å². The summed E-state index contributed by atoms with van der Waals surface area (Å²) in [6.45, 7) is 7.25. The van der Waals surface area contributed by atoms with Crippen molar-refractivity contribution in [3.05, 3.63) is 16.4 Å². The van der Waals surface area contributed by atoms with E-state index in [0.29, 0.717) is 6.04 Å². The highest BCUT2D eigenvalue weighted by Crippen LogP contribution is 2.18. The van der Waals surface area contributed by atoms with E-state index in [1.807, 2.05) is 14.0 Å². The SMILES string of the molecule is CCCC(CC)NCc1c(C)nn(C)c1Cl. The Bertz CT molecular complexity index is 333. The highest BCUT2D eigenvalue weighted by molar-refractivity contribution is 6.30. The van der Waals surface area contributed by atoms with Gasteiger partial charge in [-0.1, -0.05) is 31.9 Å². The van der Waals surface area contributed by atoms with Crippen LogP contribution in [-0.2, 0) is 13.6 Å². The topological polar surface area (TPSA) is 29.9 Å². The van der Waals surface area contributed by atoms with Gasteiger partial charge in [0.15, 0.2) is 0 Å². The van der Waals surface area contributed by atoms with E-state index in [1.165, 1.54) is 12.8 Å². The minimum absolute atomic E-state index is 0.584. The number of rotatable bonds is 6. The van der Waals surface area contributed by atoms with Crippen molar-refractivity contribution in [2.24, 2.45) is 7.05 Å². The smallest absolute Gasteiger partial charge is 0.131 e. The van der Waals surface area contributed by atoms with Crippen LogP contribution >= 0.6 is 11.6 Å². The molecule has 1 atom stereocenters. The number of nitrogens with one attached hydrogen (secondary N) is 1. The standard InChI is InChI=1S/C12H22ClN3/c1-5-7-10(6-2)14-8-11-9(3)15-16(4)12(11)13/h10,14H,5-8H2,1-4H3. The molecule has 1 aromatic heterocycles. The van der Waals surface area contributed by atoms with Crippen molar-refractivity contribution in [3.63, 3.8) is 0 Å². The molecular weight excluding hydrogens is 222 g/mol. The lowest BCUT2D eigenvalue weighted by Crippen LogP contribution is -2.27. The summed E-state index contributed by atoms with van der Waals surface area (Å²) < 4.78 is 1.73. The zero-order chi connectivity index (χ0) is 12.1. The van der Waals surface area contributed by atoms with Gasteiger partial charge in [-0.2, -0.15) is 5.10 Å². The lowest BCUT2D eigenvalue weighted by molar-refractivity contribution is 0.462. The third kappa shape index (κ3) is 3.22. The number of nitrogens with zero attached hydrogens (tertiary/aromatic N) is 2. The van der Waals surface area contributed by atoms with Gasteiger partial charge >= 0.3 is 0 Å². The van der Waals surface area contributed by atoms with E-state index in [-0.39, 0.29) is 0 Å². The van der Waals surface area contributed by atoms with Crippen LogP contribution in [0.1, 0.15) is 44.4 Å². The molecule has 1 heterocycles. The maximum atomic E-state index is 6.18. The molecule has 0 bridgehead atoms. The third-order valence-electron chi connectivity index (χ3n) is 2.97. The molecule has 1 unspecified atom stereocenters. The van der Waals surface area contributed by atoms with E-state index < -0.39 is 0 Å². The Morgan fingerprint density at radius 2 is 2.12 bits per heavy atom. The van der Waals surface area contributed by atoms with E-state index in [0.717, 1.165) is 29.4 Å². The molecule has 0 fully saturated rings. The first-order valence-corrected chi connectivity index (χ1v) is 6.39. The molecule has 0 aliphatic rings. The number of hydrogen-bond donors (Lipinski definition) is 1. The molecule has 0 radical (unpaired) electrons. The van der Waals surface area contributed by atoms with E-state index >= 15 is 0 Å². The first-order chi connectivity index (χ1) is 7.60. The van der Waals surface area contributed by atoms with Gasteiger partial charge in [0.2, 0.25) is 0 Å². The summed E-state index contributed by atoms with van der Waals surface area (Å²) in [6.07, 6.45) is 3.59. The summed E-state index contributed by atoms with van der Waals surface area (Å²) in [4.78, 5) is 0. The van der Waals surface area contributed by atoms with Gasteiger partial charge in [0, 0.05) is 25.2 Å². The second-order valence-corrected chi connectivity index (χ2v) is 4.61. The molecule has 0 saturated carbocycles. The molecule has 0 aliphatic carbocycles. The first kappa shape index (κ1) is 13.5. The molecule has 4 heteroatoms. The fraction of sp³-hybridized carbons (Fsp3) is 0.750. The quantitative estimate of drug-likeness (QED) is 0.832. The molecular formula is C12H22ClN3. The molecule has 92 valence electrons. The van der Waals surface area contributed by atoms with Crippen LogP contribution in [0.25, 0.3) is 0 Å². The minimum Gasteiger partial charge on any atom is -0.310 e. The van der Waals surface area contributed by atoms with Crippen molar-refractivity contribution < 1.29 is 0 Å². The molecule has 0 amide bonds. The summed E-state index contributed by atoms with van der Waals surface area (Å²) >= 11 is 6.18.